The van der Waals surface area contributed by atoms with E-state index >= 15 is 0 Å². The molecule has 0 saturated heterocycles. The summed E-state index contributed by atoms with van der Waals surface area (Å²) >= 11 is 3.30. The van der Waals surface area contributed by atoms with Gasteiger partial charge in [0.05, 0.1) is 6.04 Å². The van der Waals surface area contributed by atoms with E-state index in [1.807, 2.05) is 0 Å². The van der Waals surface area contributed by atoms with E-state index in [9.17, 15) is 14.7 Å². The zero-order valence-corrected chi connectivity index (χ0v) is 13.2. The van der Waals surface area contributed by atoms with Gasteiger partial charge in [-0.05, 0) is 32.4 Å². The molecule has 1 aromatic carbocycles. The molecule has 1 unspecified atom stereocenters. The lowest BCUT2D eigenvalue weighted by atomic mass is 9.93. The highest BCUT2D eigenvalue weighted by Gasteiger charge is 2.37. The number of carbonyl (C=O) groups excluding carboxylic acids is 1. The highest BCUT2D eigenvalue weighted by atomic mass is 79.9. The van der Waals surface area contributed by atoms with Gasteiger partial charge >= 0.3 is 11.9 Å². The molecule has 0 aliphatic rings. The molecular formula is C14H18BrNO4. The fraction of sp³-hybridized carbons (Fsp3) is 0.429. The van der Waals surface area contributed by atoms with E-state index in [1.54, 1.807) is 45.0 Å². The van der Waals surface area contributed by atoms with Crippen LogP contribution in [0.1, 0.15) is 32.4 Å². The Morgan fingerprint density at radius 3 is 2.30 bits per heavy atom. The predicted molar refractivity (Wildman–Crippen MR) is 78.0 cm³/mol. The number of carbonyl (C=O) groups is 2. The van der Waals surface area contributed by atoms with E-state index in [4.69, 9.17) is 10.5 Å². The first-order valence-corrected chi connectivity index (χ1v) is 6.88. The molecule has 0 amide bonds. The Hall–Kier alpha value is -1.40. The number of nitrogens with two attached hydrogens (primary N) is 1. The molecule has 0 saturated carbocycles. The van der Waals surface area contributed by atoms with Gasteiger partial charge in [-0.25, -0.2) is 0 Å². The summed E-state index contributed by atoms with van der Waals surface area (Å²) in [6.07, 6.45) is 0. The molecule has 0 heterocycles. The van der Waals surface area contributed by atoms with Crippen LogP contribution in [-0.2, 0) is 14.3 Å². The Bertz CT molecular complexity index is 510. The average molecular weight is 344 g/mol. The molecule has 2 atom stereocenters. The van der Waals surface area contributed by atoms with Crippen molar-refractivity contribution in [3.8, 4) is 0 Å². The van der Waals surface area contributed by atoms with Gasteiger partial charge in [-0.15, -0.1) is 0 Å². The monoisotopic (exact) mass is 343 g/mol. The van der Waals surface area contributed by atoms with Gasteiger partial charge in [-0.2, -0.15) is 0 Å². The van der Waals surface area contributed by atoms with Crippen molar-refractivity contribution in [3.63, 3.8) is 0 Å². The van der Waals surface area contributed by atoms with E-state index in [0.29, 0.717) is 10.0 Å². The zero-order chi connectivity index (χ0) is 15.5. The minimum Gasteiger partial charge on any atom is -0.481 e. The summed E-state index contributed by atoms with van der Waals surface area (Å²) in [6.45, 7) is 5.02. The van der Waals surface area contributed by atoms with Crippen LogP contribution in [-0.4, -0.2) is 22.6 Å². The minimum absolute atomic E-state index is 0.547. The van der Waals surface area contributed by atoms with E-state index in [1.165, 1.54) is 0 Å². The number of benzene rings is 1. The molecule has 0 bridgehead atoms. The van der Waals surface area contributed by atoms with Gasteiger partial charge in [0.15, 0.2) is 5.92 Å². The Balaban J connectivity index is 3.06. The van der Waals surface area contributed by atoms with E-state index < -0.39 is 29.5 Å². The number of carboxylic acids is 1. The summed E-state index contributed by atoms with van der Waals surface area (Å²) in [5.41, 5.74) is 5.73. The van der Waals surface area contributed by atoms with Gasteiger partial charge in [0.25, 0.3) is 0 Å². The lowest BCUT2D eigenvalue weighted by Crippen LogP contribution is -2.39. The van der Waals surface area contributed by atoms with Crippen molar-refractivity contribution in [1.29, 1.82) is 0 Å². The van der Waals surface area contributed by atoms with Crippen LogP contribution in [0.3, 0.4) is 0 Å². The van der Waals surface area contributed by atoms with Gasteiger partial charge in [0, 0.05) is 4.47 Å². The number of halogens is 1. The second-order valence-corrected chi connectivity index (χ2v) is 6.25. The summed E-state index contributed by atoms with van der Waals surface area (Å²) in [4.78, 5) is 23.4. The Kier molecular flexibility index (Phi) is 5.30. The van der Waals surface area contributed by atoms with E-state index in [2.05, 4.69) is 15.9 Å². The Morgan fingerprint density at radius 2 is 1.85 bits per heavy atom. The average Bonchev–Trinajstić information content (AvgIpc) is 2.26. The summed E-state index contributed by atoms with van der Waals surface area (Å²) < 4.78 is 5.78. The van der Waals surface area contributed by atoms with Crippen molar-refractivity contribution in [2.24, 2.45) is 11.7 Å². The zero-order valence-electron chi connectivity index (χ0n) is 11.6. The van der Waals surface area contributed by atoms with Crippen LogP contribution in [0, 0.1) is 5.92 Å². The molecule has 6 heteroatoms. The standard InChI is InChI=1S/C14H18BrNO4/c1-14(2,3)20-13(19)10(12(17)18)11(16)8-6-4-5-7-9(8)15/h4-7,10-11H,16H2,1-3H3,(H,17,18)/t10-,11?/m1/s1. The van der Waals surface area contributed by atoms with Crippen LogP contribution in [0.5, 0.6) is 0 Å². The summed E-state index contributed by atoms with van der Waals surface area (Å²) in [5, 5.41) is 9.27. The van der Waals surface area contributed by atoms with Crippen molar-refractivity contribution in [3.05, 3.63) is 34.3 Å². The topological polar surface area (TPSA) is 89.6 Å². The summed E-state index contributed by atoms with van der Waals surface area (Å²) in [5.74, 6) is -3.59. The molecular weight excluding hydrogens is 326 g/mol. The molecule has 0 fully saturated rings. The van der Waals surface area contributed by atoms with Crippen LogP contribution in [0.25, 0.3) is 0 Å². The maximum absolute atomic E-state index is 12.0. The predicted octanol–water partition coefficient (Wildman–Crippen LogP) is 2.49. The number of hydrogen-bond acceptors (Lipinski definition) is 4. The number of carboxylic acid groups (broad SMARTS) is 1. The van der Waals surface area contributed by atoms with Crippen LogP contribution >= 0.6 is 15.9 Å². The quantitative estimate of drug-likeness (QED) is 0.647. The normalized spacial score (nSPS) is 14.4. The van der Waals surface area contributed by atoms with Gasteiger partial charge < -0.3 is 15.6 Å². The molecule has 3 N–H and O–H groups in total. The first-order valence-electron chi connectivity index (χ1n) is 6.09. The highest BCUT2D eigenvalue weighted by Crippen LogP contribution is 2.28. The molecule has 0 radical (unpaired) electrons. The smallest absolute Gasteiger partial charge is 0.322 e. The van der Waals surface area contributed by atoms with Crippen molar-refractivity contribution < 1.29 is 19.4 Å². The van der Waals surface area contributed by atoms with E-state index in [-0.39, 0.29) is 0 Å². The molecule has 1 aromatic rings. The molecule has 20 heavy (non-hydrogen) atoms. The lowest BCUT2D eigenvalue weighted by molar-refractivity contribution is -0.167. The maximum Gasteiger partial charge on any atom is 0.322 e. The first-order chi connectivity index (χ1) is 9.13. The molecule has 0 aliphatic carbocycles. The van der Waals surface area contributed by atoms with Crippen molar-refractivity contribution in [2.75, 3.05) is 0 Å². The van der Waals surface area contributed by atoms with Crippen LogP contribution in [0.15, 0.2) is 28.7 Å². The molecule has 0 aromatic heterocycles. The minimum atomic E-state index is -1.45. The van der Waals surface area contributed by atoms with Crippen molar-refractivity contribution in [2.45, 2.75) is 32.4 Å². The number of hydrogen-bond donors (Lipinski definition) is 2. The molecule has 0 aliphatic heterocycles. The first kappa shape index (κ1) is 16.7. The molecule has 0 spiro atoms. The number of ether oxygens (including phenoxy) is 1. The number of aliphatic carboxylic acids is 1. The summed E-state index contributed by atoms with van der Waals surface area (Å²) in [6, 6.07) is 5.94. The third-order valence-corrected chi connectivity index (χ3v) is 3.27. The third-order valence-electron chi connectivity index (χ3n) is 2.55. The lowest BCUT2D eigenvalue weighted by Gasteiger charge is -2.25. The van der Waals surface area contributed by atoms with Crippen LogP contribution in [0.4, 0.5) is 0 Å². The highest BCUT2D eigenvalue weighted by molar-refractivity contribution is 9.10. The van der Waals surface area contributed by atoms with Crippen molar-refractivity contribution >= 4 is 27.9 Å². The molecule has 110 valence electrons. The van der Waals surface area contributed by atoms with Gasteiger partial charge in [0.1, 0.15) is 5.60 Å². The third kappa shape index (κ3) is 4.31. The van der Waals surface area contributed by atoms with Crippen molar-refractivity contribution in [1.82, 2.24) is 0 Å². The SMILES string of the molecule is CC(C)(C)OC(=O)[C@@H](C(=O)O)C(N)c1ccccc1Br. The summed E-state index contributed by atoms with van der Waals surface area (Å²) in [7, 11) is 0. The van der Waals surface area contributed by atoms with Gasteiger partial charge in [-0.3, -0.25) is 9.59 Å². The Labute approximate surface area is 126 Å². The fourth-order valence-corrected chi connectivity index (χ4v) is 2.24. The van der Waals surface area contributed by atoms with Gasteiger partial charge in [0.2, 0.25) is 0 Å². The number of rotatable bonds is 4. The van der Waals surface area contributed by atoms with Crippen LogP contribution in [0.2, 0.25) is 0 Å². The Morgan fingerprint density at radius 1 is 1.30 bits per heavy atom. The maximum atomic E-state index is 12.0. The van der Waals surface area contributed by atoms with Gasteiger partial charge in [-0.1, -0.05) is 34.1 Å². The fourth-order valence-electron chi connectivity index (χ4n) is 1.69. The van der Waals surface area contributed by atoms with Crippen LogP contribution < -0.4 is 5.73 Å². The molecule has 5 nitrogen and oxygen atoms in total. The number of esters is 1. The second kappa shape index (κ2) is 6.37. The van der Waals surface area contributed by atoms with E-state index in [0.717, 1.165) is 0 Å². The largest absolute Gasteiger partial charge is 0.481 e. The molecule has 1 rings (SSSR count). The second-order valence-electron chi connectivity index (χ2n) is 5.40.